The standard InChI is InChI=1S/C14H18ClN5O/c1-19-9-10(6-18-19)13(21)5-12-3-2-4-20(12)14-16-7-11(15)8-17-14/h6-9,12-13,21H,2-5H2,1H3. The van der Waals surface area contributed by atoms with Crippen molar-refractivity contribution >= 4 is 17.5 Å². The third-order valence-electron chi connectivity index (χ3n) is 3.85. The second kappa shape index (κ2) is 5.99. The van der Waals surface area contributed by atoms with Crippen molar-refractivity contribution in [2.45, 2.75) is 31.4 Å². The lowest BCUT2D eigenvalue weighted by Crippen LogP contribution is -2.32. The van der Waals surface area contributed by atoms with Crippen molar-refractivity contribution < 1.29 is 5.11 Å². The van der Waals surface area contributed by atoms with Crippen LogP contribution in [0.5, 0.6) is 0 Å². The summed E-state index contributed by atoms with van der Waals surface area (Å²) in [4.78, 5) is 10.7. The lowest BCUT2D eigenvalue weighted by atomic mass is 10.0. The van der Waals surface area contributed by atoms with Crippen LogP contribution in [0.1, 0.15) is 30.9 Å². The van der Waals surface area contributed by atoms with Gasteiger partial charge in [0.15, 0.2) is 0 Å². The van der Waals surface area contributed by atoms with Gasteiger partial charge in [0.05, 0.1) is 29.7 Å². The van der Waals surface area contributed by atoms with Crippen LogP contribution in [0.3, 0.4) is 0 Å². The summed E-state index contributed by atoms with van der Waals surface area (Å²) in [6.45, 7) is 0.909. The first-order chi connectivity index (χ1) is 10.1. The van der Waals surface area contributed by atoms with E-state index in [0.717, 1.165) is 24.9 Å². The molecule has 0 amide bonds. The summed E-state index contributed by atoms with van der Waals surface area (Å²) >= 11 is 5.83. The van der Waals surface area contributed by atoms with Crippen LogP contribution >= 0.6 is 11.6 Å². The summed E-state index contributed by atoms with van der Waals surface area (Å²) in [7, 11) is 1.85. The molecular weight excluding hydrogens is 290 g/mol. The molecule has 2 aromatic heterocycles. The first-order valence-corrected chi connectivity index (χ1v) is 7.42. The van der Waals surface area contributed by atoms with Gasteiger partial charge in [-0.3, -0.25) is 4.68 Å². The van der Waals surface area contributed by atoms with Crippen LogP contribution in [0.4, 0.5) is 5.95 Å². The Balaban J connectivity index is 1.70. The predicted octanol–water partition coefficient (Wildman–Crippen LogP) is 1.96. The minimum atomic E-state index is -0.517. The van der Waals surface area contributed by atoms with Crippen LogP contribution in [0, 0.1) is 0 Å². The first kappa shape index (κ1) is 14.3. The Hall–Kier alpha value is -1.66. The lowest BCUT2D eigenvalue weighted by molar-refractivity contribution is 0.158. The third-order valence-corrected chi connectivity index (χ3v) is 4.04. The summed E-state index contributed by atoms with van der Waals surface area (Å²) in [5.74, 6) is 0.681. The Labute approximate surface area is 128 Å². The number of hydrogen-bond acceptors (Lipinski definition) is 5. The molecule has 3 heterocycles. The van der Waals surface area contributed by atoms with Gasteiger partial charge in [0.25, 0.3) is 0 Å². The van der Waals surface area contributed by atoms with E-state index in [1.54, 1.807) is 23.3 Å². The van der Waals surface area contributed by atoms with Gasteiger partial charge < -0.3 is 10.0 Å². The highest BCUT2D eigenvalue weighted by atomic mass is 35.5. The number of hydrogen-bond donors (Lipinski definition) is 1. The number of aryl methyl sites for hydroxylation is 1. The van der Waals surface area contributed by atoms with Crippen molar-refractivity contribution in [1.29, 1.82) is 0 Å². The number of halogens is 1. The topological polar surface area (TPSA) is 67.1 Å². The largest absolute Gasteiger partial charge is 0.388 e. The van der Waals surface area contributed by atoms with Gasteiger partial charge in [-0.1, -0.05) is 11.6 Å². The van der Waals surface area contributed by atoms with E-state index in [-0.39, 0.29) is 6.04 Å². The minimum absolute atomic E-state index is 0.237. The van der Waals surface area contributed by atoms with Crippen LogP contribution in [0.15, 0.2) is 24.8 Å². The summed E-state index contributed by atoms with van der Waals surface area (Å²) in [6.07, 6.45) is 9.02. The van der Waals surface area contributed by atoms with Crippen LogP contribution in [0.25, 0.3) is 0 Å². The van der Waals surface area contributed by atoms with Crippen LogP contribution in [-0.4, -0.2) is 37.4 Å². The highest BCUT2D eigenvalue weighted by molar-refractivity contribution is 6.30. The van der Waals surface area contributed by atoms with E-state index in [0.29, 0.717) is 17.4 Å². The highest BCUT2D eigenvalue weighted by Crippen LogP contribution is 2.29. The second-order valence-electron chi connectivity index (χ2n) is 5.39. The van der Waals surface area contributed by atoms with Crippen molar-refractivity contribution in [3.05, 3.63) is 35.4 Å². The number of aromatic nitrogens is 4. The van der Waals surface area contributed by atoms with Gasteiger partial charge in [0.1, 0.15) is 0 Å². The molecule has 21 heavy (non-hydrogen) atoms. The first-order valence-electron chi connectivity index (χ1n) is 7.04. The number of nitrogens with zero attached hydrogens (tertiary/aromatic N) is 5. The molecule has 1 N–H and O–H groups in total. The highest BCUT2D eigenvalue weighted by Gasteiger charge is 2.29. The van der Waals surface area contributed by atoms with Crippen LogP contribution in [0.2, 0.25) is 5.02 Å². The Morgan fingerprint density at radius 2 is 2.14 bits per heavy atom. The molecule has 2 aromatic rings. The fourth-order valence-corrected chi connectivity index (χ4v) is 2.90. The quantitative estimate of drug-likeness (QED) is 0.935. The van der Waals surface area contributed by atoms with Gasteiger partial charge in [0, 0.05) is 31.4 Å². The molecule has 112 valence electrons. The Morgan fingerprint density at radius 1 is 1.38 bits per heavy atom. The zero-order valence-corrected chi connectivity index (χ0v) is 12.6. The fourth-order valence-electron chi connectivity index (χ4n) is 2.80. The van der Waals surface area contributed by atoms with Gasteiger partial charge in [0.2, 0.25) is 5.95 Å². The molecule has 0 aliphatic carbocycles. The van der Waals surface area contributed by atoms with E-state index in [4.69, 9.17) is 11.6 Å². The molecule has 6 nitrogen and oxygen atoms in total. The summed E-state index contributed by atoms with van der Waals surface area (Å²) in [5.41, 5.74) is 0.848. The molecule has 0 bridgehead atoms. The maximum atomic E-state index is 10.4. The summed E-state index contributed by atoms with van der Waals surface area (Å²) in [6, 6.07) is 0.237. The zero-order chi connectivity index (χ0) is 14.8. The molecular formula is C14H18ClN5O. The number of anilines is 1. The van der Waals surface area contributed by atoms with Crippen molar-refractivity contribution in [1.82, 2.24) is 19.7 Å². The lowest BCUT2D eigenvalue weighted by Gasteiger charge is -2.26. The van der Waals surface area contributed by atoms with Crippen LogP contribution in [-0.2, 0) is 7.05 Å². The van der Waals surface area contributed by atoms with Crippen molar-refractivity contribution in [3.63, 3.8) is 0 Å². The Kier molecular flexibility index (Phi) is 4.07. The SMILES string of the molecule is Cn1cc(C(O)CC2CCCN2c2ncc(Cl)cn2)cn1. The maximum absolute atomic E-state index is 10.4. The molecule has 0 saturated carbocycles. The molecule has 3 rings (SSSR count). The average molecular weight is 308 g/mol. The van der Waals surface area contributed by atoms with Gasteiger partial charge in [-0.2, -0.15) is 5.10 Å². The van der Waals surface area contributed by atoms with E-state index < -0.39 is 6.10 Å². The normalized spacial score (nSPS) is 20.0. The van der Waals surface area contributed by atoms with Crippen molar-refractivity contribution in [2.75, 3.05) is 11.4 Å². The summed E-state index contributed by atoms with van der Waals surface area (Å²) in [5, 5.41) is 15.0. The van der Waals surface area contributed by atoms with Crippen molar-refractivity contribution in [3.8, 4) is 0 Å². The molecule has 2 unspecified atom stereocenters. The van der Waals surface area contributed by atoms with Gasteiger partial charge in [-0.05, 0) is 19.3 Å². The van der Waals surface area contributed by atoms with Gasteiger partial charge in [-0.25, -0.2) is 9.97 Å². The van der Waals surface area contributed by atoms with E-state index in [1.165, 1.54) is 0 Å². The third kappa shape index (κ3) is 3.16. The number of aliphatic hydroxyl groups excluding tert-OH is 1. The second-order valence-corrected chi connectivity index (χ2v) is 5.83. The fraction of sp³-hybridized carbons (Fsp3) is 0.500. The van der Waals surface area contributed by atoms with E-state index in [2.05, 4.69) is 20.0 Å². The molecule has 1 aliphatic heterocycles. The smallest absolute Gasteiger partial charge is 0.225 e. The minimum Gasteiger partial charge on any atom is -0.388 e. The average Bonchev–Trinajstić information content (AvgIpc) is 3.09. The molecule has 2 atom stereocenters. The number of aliphatic hydroxyl groups is 1. The Bertz CT molecular complexity index is 600. The van der Waals surface area contributed by atoms with E-state index >= 15 is 0 Å². The molecule has 1 fully saturated rings. The van der Waals surface area contributed by atoms with Gasteiger partial charge in [-0.15, -0.1) is 0 Å². The van der Waals surface area contributed by atoms with Crippen molar-refractivity contribution in [2.24, 2.45) is 7.05 Å². The molecule has 7 heteroatoms. The monoisotopic (exact) mass is 307 g/mol. The zero-order valence-electron chi connectivity index (χ0n) is 11.9. The van der Waals surface area contributed by atoms with E-state index in [1.807, 2.05) is 13.2 Å². The molecule has 1 saturated heterocycles. The van der Waals surface area contributed by atoms with Crippen LogP contribution < -0.4 is 4.90 Å². The van der Waals surface area contributed by atoms with E-state index in [9.17, 15) is 5.11 Å². The predicted molar refractivity (Wildman–Crippen MR) is 80.2 cm³/mol. The summed E-state index contributed by atoms with van der Waals surface area (Å²) < 4.78 is 1.70. The molecule has 1 aliphatic rings. The molecule has 0 radical (unpaired) electrons. The Morgan fingerprint density at radius 3 is 2.81 bits per heavy atom. The molecule has 0 spiro atoms. The number of rotatable bonds is 4. The maximum Gasteiger partial charge on any atom is 0.225 e. The molecule has 0 aromatic carbocycles. The van der Waals surface area contributed by atoms with Gasteiger partial charge >= 0.3 is 0 Å².